The number of para-hydroxylation sites is 1. The predicted molar refractivity (Wildman–Crippen MR) is 244 cm³/mol. The van der Waals surface area contributed by atoms with Gasteiger partial charge in [0.15, 0.2) is 0 Å². The Morgan fingerprint density at radius 3 is 1.71 bits per heavy atom. The molecule has 8 aromatic carbocycles. The van der Waals surface area contributed by atoms with Crippen molar-refractivity contribution < 1.29 is 4.42 Å². The maximum atomic E-state index is 6.81. The van der Waals surface area contributed by atoms with Gasteiger partial charge in [-0.05, 0) is 63.4 Å². The molecule has 0 N–H and O–H groups in total. The lowest BCUT2D eigenvalue weighted by molar-refractivity contribution is 0.672. The van der Waals surface area contributed by atoms with E-state index >= 15 is 0 Å². The second-order valence-electron chi connectivity index (χ2n) is 15.1. The smallest absolute Gasteiger partial charge is 0.147 e. The number of benzene rings is 8. The number of pyridine rings is 3. The number of nitrogens with zero attached hydrogens (tertiary/aromatic N) is 3. The van der Waals surface area contributed by atoms with Crippen LogP contribution in [0.4, 0.5) is 0 Å². The van der Waals surface area contributed by atoms with Gasteiger partial charge in [0.2, 0.25) is 0 Å². The number of hydrogen-bond acceptors (Lipinski definition) is 4. The lowest BCUT2D eigenvalue weighted by Crippen LogP contribution is -1.92. The maximum Gasteiger partial charge on any atom is 0.147 e. The lowest BCUT2D eigenvalue weighted by Gasteiger charge is -2.13. The van der Waals surface area contributed by atoms with Gasteiger partial charge in [0, 0.05) is 32.8 Å². The van der Waals surface area contributed by atoms with Crippen LogP contribution in [0.25, 0.3) is 121 Å². The molecule has 12 rings (SSSR count). The van der Waals surface area contributed by atoms with Gasteiger partial charge in [-0.1, -0.05) is 170 Å². The molecule has 0 aliphatic carbocycles. The van der Waals surface area contributed by atoms with E-state index in [0.717, 1.165) is 105 Å². The third kappa shape index (κ3) is 5.49. The average Bonchev–Trinajstić information content (AvgIpc) is 3.71. The van der Waals surface area contributed by atoms with Crippen LogP contribution >= 0.6 is 0 Å². The summed E-state index contributed by atoms with van der Waals surface area (Å²) in [4.78, 5) is 15.8. The molecule has 0 spiro atoms. The second-order valence-corrected chi connectivity index (χ2v) is 15.1. The molecule has 0 radical (unpaired) electrons. The van der Waals surface area contributed by atoms with E-state index < -0.39 is 0 Å². The molecule has 0 atom stereocenters. The first-order valence-corrected chi connectivity index (χ1v) is 19.9. The van der Waals surface area contributed by atoms with Gasteiger partial charge in [-0.25, -0.2) is 15.0 Å². The quantitative estimate of drug-likeness (QED) is 0.164. The van der Waals surface area contributed by atoms with E-state index in [1.54, 1.807) is 0 Å². The predicted octanol–water partition coefficient (Wildman–Crippen LogP) is 14.7. The minimum Gasteiger partial charge on any atom is -0.455 e. The van der Waals surface area contributed by atoms with Crippen molar-refractivity contribution in [3.05, 3.63) is 200 Å². The third-order valence-electron chi connectivity index (χ3n) is 11.7. The number of fused-ring (bicyclic) bond motifs is 9. The van der Waals surface area contributed by atoms with Crippen LogP contribution in [0.3, 0.4) is 0 Å². The fourth-order valence-corrected chi connectivity index (χ4v) is 8.78. The molecule has 4 aromatic heterocycles. The zero-order valence-electron chi connectivity index (χ0n) is 31.8. The zero-order chi connectivity index (χ0) is 38.9. The van der Waals surface area contributed by atoms with Crippen molar-refractivity contribution in [2.24, 2.45) is 0 Å². The van der Waals surface area contributed by atoms with Gasteiger partial charge >= 0.3 is 0 Å². The molecular weight excluding hydrogens is 719 g/mol. The molecule has 0 aliphatic rings. The summed E-state index contributed by atoms with van der Waals surface area (Å²) < 4.78 is 6.81. The average molecular weight is 752 g/mol. The highest BCUT2D eigenvalue weighted by molar-refractivity contribution is 6.22. The minimum absolute atomic E-state index is 0.840. The molecule has 0 saturated carbocycles. The number of aromatic nitrogens is 3. The Morgan fingerprint density at radius 1 is 0.339 bits per heavy atom. The van der Waals surface area contributed by atoms with Crippen molar-refractivity contribution in [2.45, 2.75) is 0 Å². The Morgan fingerprint density at radius 2 is 0.915 bits per heavy atom. The first-order chi connectivity index (χ1) is 29.2. The van der Waals surface area contributed by atoms with Crippen LogP contribution in [0.5, 0.6) is 0 Å². The molecule has 0 bridgehead atoms. The number of hydrogen-bond donors (Lipinski definition) is 0. The van der Waals surface area contributed by atoms with Gasteiger partial charge < -0.3 is 4.42 Å². The van der Waals surface area contributed by atoms with Gasteiger partial charge in [-0.2, -0.15) is 0 Å². The molecule has 0 fully saturated rings. The van der Waals surface area contributed by atoms with E-state index in [4.69, 9.17) is 19.4 Å². The SMILES string of the molecule is c1ccc(-c2ccc3ccc4ccc(-c5ccc(-c6cccc7nc(-c8cccc(-c9cccc%10ccccc9%10)c8)c8c9ccccc9oc8c67)cc5)nc4c3n2)cc1. The number of rotatable bonds is 5. The van der Waals surface area contributed by atoms with Crippen molar-refractivity contribution in [1.29, 1.82) is 0 Å². The third-order valence-corrected chi connectivity index (χ3v) is 11.7. The topological polar surface area (TPSA) is 51.8 Å². The summed E-state index contributed by atoms with van der Waals surface area (Å²) in [5.41, 5.74) is 14.8. The molecule has 59 heavy (non-hydrogen) atoms. The van der Waals surface area contributed by atoms with Gasteiger partial charge in [-0.3, -0.25) is 0 Å². The molecule has 4 nitrogen and oxygen atoms in total. The fourth-order valence-electron chi connectivity index (χ4n) is 8.78. The molecule has 0 saturated heterocycles. The summed E-state index contributed by atoms with van der Waals surface area (Å²) in [6.45, 7) is 0. The van der Waals surface area contributed by atoms with Crippen molar-refractivity contribution in [1.82, 2.24) is 15.0 Å². The zero-order valence-corrected chi connectivity index (χ0v) is 31.8. The molecule has 4 heteroatoms. The van der Waals surface area contributed by atoms with Crippen LogP contribution in [-0.4, -0.2) is 15.0 Å². The second kappa shape index (κ2) is 13.3. The van der Waals surface area contributed by atoms with Gasteiger partial charge in [0.05, 0.1) is 44.4 Å². The maximum absolute atomic E-state index is 6.81. The van der Waals surface area contributed by atoms with E-state index in [2.05, 4.69) is 170 Å². The summed E-state index contributed by atoms with van der Waals surface area (Å²) in [6.07, 6.45) is 0. The Balaban J connectivity index is 0.981. The molecule has 0 amide bonds. The Bertz CT molecular complexity index is 3600. The van der Waals surface area contributed by atoms with E-state index in [0.29, 0.717) is 0 Å². The molecule has 0 unspecified atom stereocenters. The Labute approximate surface area is 339 Å². The summed E-state index contributed by atoms with van der Waals surface area (Å²) in [6, 6.07) is 70.2. The normalized spacial score (nSPS) is 11.7. The molecule has 4 heterocycles. The minimum atomic E-state index is 0.840. The standard InChI is InChI=1S/C55H33N3O/c1-2-12-36(13-3-1)46-31-29-38-27-28-39-30-32-47(57-54(39)53(38)56-46)37-25-23-35(24-26-37)44-20-10-21-48-50(44)55-51(45-18-6-7-22-49(45)59-55)52(58-48)41-16-8-15-40(33-41)43-19-9-14-34-11-4-5-17-42(34)43/h1-33H. The van der Waals surface area contributed by atoms with Crippen molar-refractivity contribution in [3.8, 4) is 56.0 Å². The Hall–Kier alpha value is -7.95. The summed E-state index contributed by atoms with van der Waals surface area (Å²) >= 11 is 0. The highest BCUT2D eigenvalue weighted by Crippen LogP contribution is 2.44. The molecule has 274 valence electrons. The molecule has 0 aliphatic heterocycles. The van der Waals surface area contributed by atoms with Gasteiger partial charge in [0.1, 0.15) is 11.2 Å². The van der Waals surface area contributed by atoms with Crippen LogP contribution in [0, 0.1) is 0 Å². The first kappa shape index (κ1) is 33.2. The van der Waals surface area contributed by atoms with Crippen LogP contribution in [-0.2, 0) is 0 Å². The first-order valence-electron chi connectivity index (χ1n) is 19.9. The van der Waals surface area contributed by atoms with Crippen LogP contribution in [0.1, 0.15) is 0 Å². The van der Waals surface area contributed by atoms with Crippen LogP contribution in [0.2, 0.25) is 0 Å². The van der Waals surface area contributed by atoms with E-state index in [-0.39, 0.29) is 0 Å². The highest BCUT2D eigenvalue weighted by atomic mass is 16.3. The summed E-state index contributed by atoms with van der Waals surface area (Å²) in [5, 5.41) is 7.65. The van der Waals surface area contributed by atoms with Crippen molar-refractivity contribution in [2.75, 3.05) is 0 Å². The highest BCUT2D eigenvalue weighted by Gasteiger charge is 2.21. The lowest BCUT2D eigenvalue weighted by atomic mass is 9.94. The van der Waals surface area contributed by atoms with Gasteiger partial charge in [-0.15, -0.1) is 0 Å². The molecule has 12 aromatic rings. The summed E-state index contributed by atoms with van der Waals surface area (Å²) in [5.74, 6) is 0. The van der Waals surface area contributed by atoms with Crippen LogP contribution in [0.15, 0.2) is 205 Å². The van der Waals surface area contributed by atoms with E-state index in [1.807, 2.05) is 30.3 Å². The van der Waals surface area contributed by atoms with Crippen LogP contribution < -0.4 is 0 Å². The number of furan rings is 1. The largest absolute Gasteiger partial charge is 0.455 e. The monoisotopic (exact) mass is 751 g/mol. The fraction of sp³-hybridized carbons (Fsp3) is 0. The molecular formula is C55H33N3O. The van der Waals surface area contributed by atoms with E-state index in [9.17, 15) is 0 Å². The van der Waals surface area contributed by atoms with E-state index in [1.165, 1.54) is 16.3 Å². The Kier molecular flexibility index (Phi) is 7.50. The van der Waals surface area contributed by atoms with Crippen molar-refractivity contribution >= 4 is 65.4 Å². The summed E-state index contributed by atoms with van der Waals surface area (Å²) in [7, 11) is 0. The van der Waals surface area contributed by atoms with Gasteiger partial charge in [0.25, 0.3) is 0 Å². The van der Waals surface area contributed by atoms with Crippen molar-refractivity contribution in [3.63, 3.8) is 0 Å².